The number of hydrogen-bond donors (Lipinski definition) is 2. The minimum atomic E-state index is 0.459. The lowest BCUT2D eigenvalue weighted by Crippen LogP contribution is -2.37. The third-order valence-electron chi connectivity index (χ3n) is 5.10. The van der Waals surface area contributed by atoms with Crippen LogP contribution in [0.4, 0.5) is 0 Å². The summed E-state index contributed by atoms with van der Waals surface area (Å²) in [4.78, 5) is 4.28. The highest BCUT2D eigenvalue weighted by Crippen LogP contribution is 2.28. The Kier molecular flexibility index (Phi) is 10.0. The number of ether oxygens (including phenoxy) is 2. The lowest BCUT2D eigenvalue weighted by atomic mass is 9.99. The fourth-order valence-electron chi connectivity index (χ4n) is 3.35. The predicted molar refractivity (Wildman–Crippen MR) is 121 cm³/mol. The number of nitrogens with zero attached hydrogens (tertiary/aromatic N) is 2. The standard InChI is InChI=1S/C23H36N4O3/c1-6-18(7-2)20-15-19(30-27-20)16-26-23(24-4)25-13-9-10-17-11-12-21(28-5)22(14-17)29-8-3/h11-12,14-15,18H,6-10,13,16H2,1-5H3,(H2,24,25,26). The summed E-state index contributed by atoms with van der Waals surface area (Å²) in [6, 6.07) is 8.13. The van der Waals surface area contributed by atoms with E-state index in [4.69, 9.17) is 14.0 Å². The van der Waals surface area contributed by atoms with Crippen molar-refractivity contribution in [1.82, 2.24) is 15.8 Å². The van der Waals surface area contributed by atoms with Crippen LogP contribution < -0.4 is 20.1 Å². The van der Waals surface area contributed by atoms with Crippen molar-refractivity contribution in [1.29, 1.82) is 0 Å². The van der Waals surface area contributed by atoms with Gasteiger partial charge in [-0.05, 0) is 50.3 Å². The molecule has 0 unspecified atom stereocenters. The highest BCUT2D eigenvalue weighted by Gasteiger charge is 2.13. The van der Waals surface area contributed by atoms with Crippen LogP contribution in [-0.4, -0.2) is 38.4 Å². The van der Waals surface area contributed by atoms with E-state index in [-0.39, 0.29) is 0 Å². The van der Waals surface area contributed by atoms with Crippen LogP contribution in [0.2, 0.25) is 0 Å². The first-order chi connectivity index (χ1) is 14.6. The van der Waals surface area contributed by atoms with Gasteiger partial charge in [0.15, 0.2) is 23.2 Å². The predicted octanol–water partition coefficient (Wildman–Crippen LogP) is 4.28. The molecule has 0 spiro atoms. The Morgan fingerprint density at radius 2 is 1.93 bits per heavy atom. The molecule has 7 heteroatoms. The summed E-state index contributed by atoms with van der Waals surface area (Å²) in [6.07, 6.45) is 4.05. The van der Waals surface area contributed by atoms with E-state index in [1.165, 1.54) is 5.56 Å². The molecule has 2 aromatic rings. The number of methoxy groups -OCH3 is 1. The largest absolute Gasteiger partial charge is 0.493 e. The van der Waals surface area contributed by atoms with Gasteiger partial charge >= 0.3 is 0 Å². The minimum Gasteiger partial charge on any atom is -0.493 e. The summed E-state index contributed by atoms with van der Waals surface area (Å²) in [7, 11) is 3.43. The second-order valence-electron chi connectivity index (χ2n) is 7.11. The van der Waals surface area contributed by atoms with Gasteiger partial charge in [-0.3, -0.25) is 4.99 Å². The molecule has 2 N–H and O–H groups in total. The van der Waals surface area contributed by atoms with Crippen molar-refractivity contribution in [2.45, 2.75) is 58.9 Å². The number of guanidine groups is 1. The highest BCUT2D eigenvalue weighted by atomic mass is 16.5. The zero-order chi connectivity index (χ0) is 21.8. The lowest BCUT2D eigenvalue weighted by molar-refractivity contribution is 0.310. The third kappa shape index (κ3) is 6.97. The van der Waals surface area contributed by atoms with E-state index < -0.39 is 0 Å². The van der Waals surface area contributed by atoms with Crippen LogP contribution in [-0.2, 0) is 13.0 Å². The van der Waals surface area contributed by atoms with Gasteiger partial charge in [0.25, 0.3) is 0 Å². The van der Waals surface area contributed by atoms with Gasteiger partial charge in [-0.25, -0.2) is 0 Å². The number of aryl methyl sites for hydroxylation is 1. The molecule has 0 aliphatic carbocycles. The molecule has 1 aromatic carbocycles. The van der Waals surface area contributed by atoms with Crippen molar-refractivity contribution in [3.8, 4) is 11.5 Å². The second-order valence-corrected chi connectivity index (χ2v) is 7.11. The van der Waals surface area contributed by atoms with Crippen LogP contribution in [0.1, 0.15) is 63.0 Å². The van der Waals surface area contributed by atoms with Crippen molar-refractivity contribution < 1.29 is 14.0 Å². The quantitative estimate of drug-likeness (QED) is 0.305. The maximum Gasteiger partial charge on any atom is 0.191 e. The van der Waals surface area contributed by atoms with Crippen molar-refractivity contribution in [3.63, 3.8) is 0 Å². The highest BCUT2D eigenvalue weighted by molar-refractivity contribution is 5.79. The Hall–Kier alpha value is -2.70. The average Bonchev–Trinajstić information content (AvgIpc) is 3.23. The summed E-state index contributed by atoms with van der Waals surface area (Å²) >= 11 is 0. The van der Waals surface area contributed by atoms with Gasteiger partial charge in [-0.2, -0.15) is 0 Å². The topological polar surface area (TPSA) is 80.9 Å². The molecule has 30 heavy (non-hydrogen) atoms. The molecule has 0 bridgehead atoms. The van der Waals surface area contributed by atoms with E-state index in [0.29, 0.717) is 19.1 Å². The van der Waals surface area contributed by atoms with E-state index >= 15 is 0 Å². The smallest absolute Gasteiger partial charge is 0.191 e. The first-order valence-corrected chi connectivity index (χ1v) is 10.8. The van der Waals surface area contributed by atoms with Crippen molar-refractivity contribution in [2.75, 3.05) is 27.3 Å². The molecule has 166 valence electrons. The fraction of sp³-hybridized carbons (Fsp3) is 0.565. The zero-order valence-electron chi connectivity index (χ0n) is 19.0. The van der Waals surface area contributed by atoms with Crippen molar-refractivity contribution in [2.24, 2.45) is 4.99 Å². The number of rotatable bonds is 12. The van der Waals surface area contributed by atoms with Gasteiger partial charge in [0.2, 0.25) is 0 Å². The molecule has 1 heterocycles. The molecule has 0 aliphatic rings. The van der Waals surface area contributed by atoms with Crippen LogP contribution in [0.5, 0.6) is 11.5 Å². The summed E-state index contributed by atoms with van der Waals surface area (Å²) in [6.45, 7) is 8.31. The molecule has 0 aliphatic heterocycles. The first-order valence-electron chi connectivity index (χ1n) is 10.8. The van der Waals surface area contributed by atoms with Crippen LogP contribution in [0, 0.1) is 0 Å². The lowest BCUT2D eigenvalue weighted by Gasteiger charge is -2.12. The Balaban J connectivity index is 1.76. The Labute approximate surface area is 180 Å². The molecular weight excluding hydrogens is 380 g/mol. The van der Waals surface area contributed by atoms with Crippen LogP contribution in [0.15, 0.2) is 33.8 Å². The number of hydrogen-bond acceptors (Lipinski definition) is 5. The van der Waals surface area contributed by atoms with Gasteiger partial charge in [-0.1, -0.05) is 25.1 Å². The van der Waals surface area contributed by atoms with Crippen LogP contribution in [0.25, 0.3) is 0 Å². The van der Waals surface area contributed by atoms with Crippen LogP contribution >= 0.6 is 0 Å². The molecule has 2 rings (SSSR count). The zero-order valence-corrected chi connectivity index (χ0v) is 19.0. The Morgan fingerprint density at radius 1 is 1.13 bits per heavy atom. The molecule has 0 atom stereocenters. The number of nitrogens with one attached hydrogen (secondary N) is 2. The molecule has 0 fully saturated rings. The van der Waals surface area contributed by atoms with Gasteiger partial charge in [0, 0.05) is 25.6 Å². The monoisotopic (exact) mass is 416 g/mol. The van der Waals surface area contributed by atoms with Gasteiger partial charge in [0.1, 0.15) is 0 Å². The number of benzene rings is 1. The first kappa shape index (κ1) is 23.6. The second kappa shape index (κ2) is 12.8. The molecule has 0 saturated carbocycles. The maximum absolute atomic E-state index is 5.65. The SMILES string of the molecule is CCOc1cc(CCCNC(=NC)NCc2cc(C(CC)CC)no2)ccc1OC. The van der Waals surface area contributed by atoms with Gasteiger partial charge in [-0.15, -0.1) is 0 Å². The maximum atomic E-state index is 5.65. The molecule has 7 nitrogen and oxygen atoms in total. The summed E-state index contributed by atoms with van der Waals surface area (Å²) in [5, 5.41) is 10.8. The molecule has 0 saturated heterocycles. The summed E-state index contributed by atoms with van der Waals surface area (Å²) in [5.74, 6) is 3.59. The molecular formula is C23H36N4O3. The van der Waals surface area contributed by atoms with E-state index in [1.54, 1.807) is 14.2 Å². The Morgan fingerprint density at radius 3 is 2.60 bits per heavy atom. The van der Waals surface area contributed by atoms with E-state index in [1.807, 2.05) is 19.1 Å². The van der Waals surface area contributed by atoms with E-state index in [2.05, 4.69) is 46.8 Å². The van der Waals surface area contributed by atoms with E-state index in [9.17, 15) is 0 Å². The third-order valence-corrected chi connectivity index (χ3v) is 5.10. The van der Waals surface area contributed by atoms with Crippen LogP contribution in [0.3, 0.4) is 0 Å². The average molecular weight is 417 g/mol. The minimum absolute atomic E-state index is 0.459. The summed E-state index contributed by atoms with van der Waals surface area (Å²) < 4.78 is 16.5. The normalized spacial score (nSPS) is 11.6. The number of aromatic nitrogens is 1. The fourth-order valence-corrected chi connectivity index (χ4v) is 3.35. The Bertz CT molecular complexity index is 785. The van der Waals surface area contributed by atoms with E-state index in [0.717, 1.165) is 61.1 Å². The summed E-state index contributed by atoms with van der Waals surface area (Å²) in [5.41, 5.74) is 2.25. The van der Waals surface area contributed by atoms with Crippen molar-refractivity contribution in [3.05, 3.63) is 41.3 Å². The number of aliphatic imine (C=N–C) groups is 1. The van der Waals surface area contributed by atoms with Gasteiger partial charge < -0.3 is 24.6 Å². The van der Waals surface area contributed by atoms with Crippen molar-refractivity contribution >= 4 is 5.96 Å². The van der Waals surface area contributed by atoms with Gasteiger partial charge in [0.05, 0.1) is 26.0 Å². The molecule has 1 aromatic heterocycles. The molecule has 0 radical (unpaired) electrons. The molecule has 0 amide bonds.